The van der Waals surface area contributed by atoms with Crippen LogP contribution in [0.3, 0.4) is 0 Å². The maximum Gasteiger partial charge on any atom is 0.236 e. The van der Waals surface area contributed by atoms with Crippen LogP contribution in [0, 0.1) is 11.8 Å². The van der Waals surface area contributed by atoms with Gasteiger partial charge in [-0.1, -0.05) is 23.3 Å². The Bertz CT molecular complexity index is 335. The average molecular weight is 221 g/mol. The van der Waals surface area contributed by atoms with E-state index in [1.165, 1.54) is 4.90 Å². The highest BCUT2D eigenvalue weighted by molar-refractivity contribution is 6.06. The van der Waals surface area contributed by atoms with E-state index in [9.17, 15) is 9.59 Å². The van der Waals surface area contributed by atoms with E-state index >= 15 is 0 Å². The molecule has 0 aromatic rings. The van der Waals surface area contributed by atoms with Crippen molar-refractivity contribution in [3.05, 3.63) is 23.3 Å². The molecule has 1 heterocycles. The summed E-state index contributed by atoms with van der Waals surface area (Å²) in [6.07, 6.45) is 3.77. The average Bonchev–Trinajstić information content (AvgIpc) is 2.34. The van der Waals surface area contributed by atoms with E-state index in [2.05, 4.69) is 0 Å². The monoisotopic (exact) mass is 221 g/mol. The van der Waals surface area contributed by atoms with Crippen molar-refractivity contribution in [1.29, 1.82) is 0 Å². The van der Waals surface area contributed by atoms with Gasteiger partial charge in [0.25, 0.3) is 0 Å². The lowest BCUT2D eigenvalue weighted by Gasteiger charge is -2.08. The molecular formula is C13H19NO2. The Kier molecular flexibility index (Phi) is 3.68. The Morgan fingerprint density at radius 3 is 1.50 bits per heavy atom. The summed E-state index contributed by atoms with van der Waals surface area (Å²) >= 11 is 0. The Hall–Kier alpha value is -1.38. The first-order valence-electron chi connectivity index (χ1n) is 5.46. The summed E-state index contributed by atoms with van der Waals surface area (Å²) in [5, 5.41) is 0. The smallest absolute Gasteiger partial charge is 0.236 e. The molecule has 0 aromatic carbocycles. The molecule has 0 bridgehead atoms. The maximum atomic E-state index is 11.9. The molecule has 1 fully saturated rings. The molecule has 0 aromatic heterocycles. The van der Waals surface area contributed by atoms with Crippen LogP contribution in [0.25, 0.3) is 0 Å². The fourth-order valence-corrected chi connectivity index (χ4v) is 1.93. The molecule has 2 unspecified atom stereocenters. The first kappa shape index (κ1) is 12.7. The molecule has 1 aliphatic rings. The number of allylic oxidation sites excluding steroid dienone is 2. The topological polar surface area (TPSA) is 37.4 Å². The highest BCUT2D eigenvalue weighted by Crippen LogP contribution is 2.29. The Balaban J connectivity index is 3.11. The fraction of sp³-hybridized carbons (Fsp3) is 0.538. The van der Waals surface area contributed by atoms with E-state index in [0.717, 1.165) is 11.1 Å². The second-order valence-electron chi connectivity index (χ2n) is 4.78. The van der Waals surface area contributed by atoms with E-state index in [0.29, 0.717) is 0 Å². The van der Waals surface area contributed by atoms with Crippen LogP contribution < -0.4 is 0 Å². The number of nitrogens with zero attached hydrogens (tertiary/aromatic N) is 1. The minimum atomic E-state index is -0.322. The van der Waals surface area contributed by atoms with Crippen LogP contribution in [-0.2, 0) is 9.59 Å². The van der Waals surface area contributed by atoms with Crippen LogP contribution in [0.4, 0.5) is 0 Å². The van der Waals surface area contributed by atoms with Gasteiger partial charge in [0, 0.05) is 7.05 Å². The quantitative estimate of drug-likeness (QED) is 0.529. The molecule has 3 heteroatoms. The minimum absolute atomic E-state index is 0.103. The van der Waals surface area contributed by atoms with E-state index in [-0.39, 0.29) is 23.7 Å². The highest BCUT2D eigenvalue weighted by atomic mass is 16.2. The molecule has 0 spiro atoms. The van der Waals surface area contributed by atoms with Gasteiger partial charge in [-0.15, -0.1) is 0 Å². The van der Waals surface area contributed by atoms with Crippen LogP contribution in [0.2, 0.25) is 0 Å². The van der Waals surface area contributed by atoms with Crippen LogP contribution in [0.15, 0.2) is 23.3 Å². The zero-order valence-electron chi connectivity index (χ0n) is 10.6. The predicted octanol–water partition coefficient (Wildman–Crippen LogP) is 2.15. The number of rotatable bonds is 2. The van der Waals surface area contributed by atoms with Crippen LogP contribution in [0.5, 0.6) is 0 Å². The first-order valence-corrected chi connectivity index (χ1v) is 5.46. The van der Waals surface area contributed by atoms with Gasteiger partial charge >= 0.3 is 0 Å². The van der Waals surface area contributed by atoms with Crippen molar-refractivity contribution in [2.75, 3.05) is 7.05 Å². The Labute approximate surface area is 96.8 Å². The number of likely N-dealkylation sites (tertiary alicyclic amines) is 1. The van der Waals surface area contributed by atoms with Crippen molar-refractivity contribution in [2.24, 2.45) is 11.8 Å². The molecular weight excluding hydrogens is 202 g/mol. The molecule has 2 atom stereocenters. The van der Waals surface area contributed by atoms with Crippen molar-refractivity contribution in [2.45, 2.75) is 27.7 Å². The van der Waals surface area contributed by atoms with E-state index in [1.807, 2.05) is 39.8 Å². The molecule has 0 saturated carbocycles. The summed E-state index contributed by atoms with van der Waals surface area (Å²) in [6.45, 7) is 7.76. The summed E-state index contributed by atoms with van der Waals surface area (Å²) in [6, 6.07) is 0. The zero-order valence-corrected chi connectivity index (χ0v) is 10.6. The standard InChI is InChI=1S/C13H19NO2/c1-8(2)6-10-11(7-9(3)4)13(16)14(5)12(10)15/h6-7,10-11H,1-5H3. The minimum Gasteiger partial charge on any atom is -0.285 e. The molecule has 1 saturated heterocycles. The largest absolute Gasteiger partial charge is 0.285 e. The van der Waals surface area contributed by atoms with Gasteiger partial charge in [0.1, 0.15) is 0 Å². The lowest BCUT2D eigenvalue weighted by Crippen LogP contribution is -2.25. The summed E-state index contributed by atoms with van der Waals surface area (Å²) in [5.74, 6) is -0.850. The molecule has 0 radical (unpaired) electrons. The molecule has 1 rings (SSSR count). The number of hydrogen-bond acceptors (Lipinski definition) is 2. The van der Waals surface area contributed by atoms with Crippen molar-refractivity contribution >= 4 is 11.8 Å². The molecule has 0 aliphatic carbocycles. The zero-order chi connectivity index (χ0) is 12.5. The third-order valence-corrected chi connectivity index (χ3v) is 2.64. The predicted molar refractivity (Wildman–Crippen MR) is 63.6 cm³/mol. The van der Waals surface area contributed by atoms with Gasteiger partial charge in [0.15, 0.2) is 0 Å². The van der Waals surface area contributed by atoms with Crippen molar-refractivity contribution in [3.8, 4) is 0 Å². The lowest BCUT2D eigenvalue weighted by molar-refractivity contribution is -0.137. The number of carbonyl (C=O) groups is 2. The third kappa shape index (κ3) is 2.40. The van der Waals surface area contributed by atoms with Gasteiger partial charge < -0.3 is 0 Å². The van der Waals surface area contributed by atoms with Crippen LogP contribution in [-0.4, -0.2) is 23.8 Å². The maximum absolute atomic E-state index is 11.9. The first-order chi connectivity index (χ1) is 7.34. The van der Waals surface area contributed by atoms with Crippen LogP contribution in [0.1, 0.15) is 27.7 Å². The number of hydrogen-bond donors (Lipinski definition) is 0. The molecule has 2 amide bonds. The van der Waals surface area contributed by atoms with Crippen molar-refractivity contribution < 1.29 is 9.59 Å². The number of amides is 2. The molecule has 0 N–H and O–H groups in total. The van der Waals surface area contributed by atoms with Gasteiger partial charge in [-0.25, -0.2) is 0 Å². The summed E-state index contributed by atoms with van der Waals surface area (Å²) in [7, 11) is 1.55. The number of carbonyl (C=O) groups excluding carboxylic acids is 2. The van der Waals surface area contributed by atoms with Gasteiger partial charge in [-0.2, -0.15) is 0 Å². The van der Waals surface area contributed by atoms with Crippen molar-refractivity contribution in [1.82, 2.24) is 4.90 Å². The van der Waals surface area contributed by atoms with Crippen LogP contribution >= 0.6 is 0 Å². The number of imide groups is 1. The highest BCUT2D eigenvalue weighted by Gasteiger charge is 2.43. The SMILES string of the molecule is CC(C)=CC1C(=O)N(C)C(=O)C1C=C(C)C. The molecule has 3 nitrogen and oxygen atoms in total. The van der Waals surface area contributed by atoms with E-state index in [1.54, 1.807) is 7.05 Å². The fourth-order valence-electron chi connectivity index (χ4n) is 1.93. The lowest BCUT2D eigenvalue weighted by atomic mass is 9.91. The van der Waals surface area contributed by atoms with Gasteiger partial charge in [-0.05, 0) is 27.7 Å². The molecule has 1 aliphatic heterocycles. The third-order valence-electron chi connectivity index (χ3n) is 2.64. The van der Waals surface area contributed by atoms with E-state index in [4.69, 9.17) is 0 Å². The Morgan fingerprint density at radius 2 is 1.25 bits per heavy atom. The summed E-state index contributed by atoms with van der Waals surface area (Å²) in [5.41, 5.74) is 2.13. The Morgan fingerprint density at radius 1 is 0.938 bits per heavy atom. The van der Waals surface area contributed by atoms with Crippen molar-refractivity contribution in [3.63, 3.8) is 0 Å². The van der Waals surface area contributed by atoms with Gasteiger partial charge in [-0.3, -0.25) is 14.5 Å². The molecule has 16 heavy (non-hydrogen) atoms. The summed E-state index contributed by atoms with van der Waals surface area (Å²) in [4.78, 5) is 25.0. The second kappa shape index (κ2) is 4.64. The molecule has 88 valence electrons. The normalized spacial score (nSPS) is 24.7. The second-order valence-corrected chi connectivity index (χ2v) is 4.78. The van der Waals surface area contributed by atoms with E-state index < -0.39 is 0 Å². The van der Waals surface area contributed by atoms with Gasteiger partial charge in [0.2, 0.25) is 11.8 Å². The van der Waals surface area contributed by atoms with Gasteiger partial charge in [0.05, 0.1) is 11.8 Å². The summed E-state index contributed by atoms with van der Waals surface area (Å²) < 4.78 is 0.